The Balaban J connectivity index is 3.77. The number of unbranched alkanes of at least 4 members (excludes halogenated alkanes) is 11. The second-order valence-corrected chi connectivity index (χ2v) is 7.04. The van der Waals surface area contributed by atoms with Gasteiger partial charge in [-0.05, 0) is 32.8 Å². The van der Waals surface area contributed by atoms with Crippen LogP contribution in [0.4, 0.5) is 4.79 Å². The number of amides is 1. The van der Waals surface area contributed by atoms with Gasteiger partial charge in [0.1, 0.15) is 0 Å². The number of hydrogen-bond acceptors (Lipinski definition) is 4. The molecule has 27 heavy (non-hydrogen) atoms. The fourth-order valence-corrected chi connectivity index (χ4v) is 2.89. The highest BCUT2D eigenvalue weighted by atomic mass is 16.5. The third-order valence-corrected chi connectivity index (χ3v) is 4.49. The van der Waals surface area contributed by atoms with Crippen molar-refractivity contribution in [3.8, 4) is 0 Å². The van der Waals surface area contributed by atoms with Crippen molar-refractivity contribution in [2.45, 2.75) is 104 Å². The third-order valence-electron chi connectivity index (χ3n) is 4.49. The third kappa shape index (κ3) is 15.1. The Morgan fingerprint density at radius 2 is 1.37 bits per heavy atom. The molecule has 5 heteroatoms. The Morgan fingerprint density at radius 3 is 1.85 bits per heavy atom. The second-order valence-electron chi connectivity index (χ2n) is 7.04. The molecule has 0 radical (unpaired) electrons. The Labute approximate surface area is 165 Å². The topological polar surface area (TPSA) is 72.5 Å². The highest BCUT2D eigenvalue weighted by molar-refractivity contribution is 6.11. The van der Waals surface area contributed by atoms with Gasteiger partial charge in [-0.25, -0.2) is 4.79 Å². The van der Waals surface area contributed by atoms with Gasteiger partial charge in [0, 0.05) is 0 Å². The van der Waals surface area contributed by atoms with Crippen molar-refractivity contribution in [2.24, 2.45) is 0 Å². The molecule has 0 saturated carbocycles. The van der Waals surface area contributed by atoms with E-state index in [1.165, 1.54) is 70.8 Å². The first-order valence-corrected chi connectivity index (χ1v) is 10.7. The predicted octanol–water partition coefficient (Wildman–Crippen LogP) is 5.52. The molecule has 0 heterocycles. The van der Waals surface area contributed by atoms with Crippen molar-refractivity contribution in [1.29, 1.82) is 0 Å². The number of carbonyl (C=O) groups is 3. The van der Waals surface area contributed by atoms with Crippen LogP contribution in [0.25, 0.3) is 0 Å². The molecule has 0 aromatic carbocycles. The van der Waals surface area contributed by atoms with Gasteiger partial charge in [-0.3, -0.25) is 9.59 Å². The standard InChI is InChI=1S/C22H39NO4/c1-4-6-7-8-9-10-11-12-13-14-15-16-17-18-20(25)21(19(3)24)23-22(26)27-5-2/h17-18,21H,4-16H2,1-3H3,(H,23,26)/b18-17+. The van der Waals surface area contributed by atoms with E-state index >= 15 is 0 Å². The number of ketones is 2. The molecule has 1 atom stereocenters. The molecule has 1 amide bonds. The second kappa shape index (κ2) is 17.7. The number of nitrogens with one attached hydrogen (secondary N) is 1. The molecule has 1 N–H and O–H groups in total. The SMILES string of the molecule is CCCCCCCCCCCCC/C=C/C(=O)C(NC(=O)OCC)C(C)=O. The zero-order valence-electron chi connectivity index (χ0n) is 17.6. The van der Waals surface area contributed by atoms with E-state index < -0.39 is 23.7 Å². The summed E-state index contributed by atoms with van der Waals surface area (Å²) in [5, 5.41) is 2.30. The molecule has 1 unspecified atom stereocenters. The van der Waals surface area contributed by atoms with Gasteiger partial charge in [-0.15, -0.1) is 0 Å². The highest BCUT2D eigenvalue weighted by Crippen LogP contribution is 2.12. The van der Waals surface area contributed by atoms with Gasteiger partial charge in [-0.1, -0.05) is 77.2 Å². The van der Waals surface area contributed by atoms with Crippen LogP contribution in [0.2, 0.25) is 0 Å². The van der Waals surface area contributed by atoms with Crippen molar-refractivity contribution in [3.63, 3.8) is 0 Å². The van der Waals surface area contributed by atoms with Gasteiger partial charge in [0.25, 0.3) is 0 Å². The van der Waals surface area contributed by atoms with E-state index in [0.29, 0.717) is 0 Å². The maximum atomic E-state index is 12.0. The summed E-state index contributed by atoms with van der Waals surface area (Å²) in [4.78, 5) is 35.0. The van der Waals surface area contributed by atoms with Gasteiger partial charge >= 0.3 is 6.09 Å². The lowest BCUT2D eigenvalue weighted by Crippen LogP contribution is -2.45. The maximum Gasteiger partial charge on any atom is 0.408 e. The van der Waals surface area contributed by atoms with E-state index in [2.05, 4.69) is 12.2 Å². The fraction of sp³-hybridized carbons (Fsp3) is 0.773. The van der Waals surface area contributed by atoms with Crippen molar-refractivity contribution >= 4 is 17.7 Å². The van der Waals surface area contributed by atoms with Crippen LogP contribution in [-0.2, 0) is 14.3 Å². The van der Waals surface area contributed by atoms with E-state index in [0.717, 1.165) is 19.3 Å². The Kier molecular flexibility index (Phi) is 16.7. The molecule has 156 valence electrons. The number of rotatable bonds is 17. The average molecular weight is 382 g/mol. The first-order valence-electron chi connectivity index (χ1n) is 10.7. The van der Waals surface area contributed by atoms with Crippen LogP contribution in [-0.4, -0.2) is 30.3 Å². The normalized spacial score (nSPS) is 12.1. The molecule has 0 rings (SSSR count). The van der Waals surface area contributed by atoms with Crippen LogP contribution in [0.15, 0.2) is 12.2 Å². The number of alkyl carbamates (subject to hydrolysis) is 1. The van der Waals surface area contributed by atoms with Crippen LogP contribution >= 0.6 is 0 Å². The quantitative estimate of drug-likeness (QED) is 0.205. The summed E-state index contributed by atoms with van der Waals surface area (Å²) in [6, 6.07) is -1.15. The molecular formula is C22H39NO4. The summed E-state index contributed by atoms with van der Waals surface area (Å²) in [6.45, 7) is 5.39. The van der Waals surface area contributed by atoms with E-state index in [1.807, 2.05) is 0 Å². The molecule has 0 aliphatic carbocycles. The van der Waals surface area contributed by atoms with E-state index in [9.17, 15) is 14.4 Å². The summed E-state index contributed by atoms with van der Waals surface area (Å²) in [5.74, 6) is -0.800. The number of allylic oxidation sites excluding steroid dienone is 1. The monoisotopic (exact) mass is 381 g/mol. The van der Waals surface area contributed by atoms with E-state index in [1.54, 1.807) is 13.0 Å². The molecule has 0 fully saturated rings. The molecule has 0 saturated heterocycles. The molecule has 0 spiro atoms. The summed E-state index contributed by atoms with van der Waals surface area (Å²) >= 11 is 0. The number of hydrogen-bond donors (Lipinski definition) is 1. The highest BCUT2D eigenvalue weighted by Gasteiger charge is 2.23. The van der Waals surface area contributed by atoms with E-state index in [-0.39, 0.29) is 6.61 Å². The zero-order chi connectivity index (χ0) is 20.3. The fourth-order valence-electron chi connectivity index (χ4n) is 2.89. The lowest BCUT2D eigenvalue weighted by molar-refractivity contribution is -0.126. The number of carbonyl (C=O) groups excluding carboxylic acids is 3. The van der Waals surface area contributed by atoms with Gasteiger partial charge in [0.2, 0.25) is 0 Å². The van der Waals surface area contributed by atoms with Crippen molar-refractivity contribution in [2.75, 3.05) is 6.61 Å². The van der Waals surface area contributed by atoms with Gasteiger partial charge in [-0.2, -0.15) is 0 Å². The Hall–Kier alpha value is -1.65. The average Bonchev–Trinajstić information content (AvgIpc) is 2.63. The first-order chi connectivity index (χ1) is 13.0. The Morgan fingerprint density at radius 1 is 0.852 bits per heavy atom. The van der Waals surface area contributed by atoms with Crippen molar-refractivity contribution < 1.29 is 19.1 Å². The number of ether oxygens (including phenoxy) is 1. The molecule has 0 aromatic rings. The minimum atomic E-state index is -1.15. The minimum Gasteiger partial charge on any atom is -0.450 e. The van der Waals surface area contributed by atoms with Crippen molar-refractivity contribution in [1.82, 2.24) is 5.32 Å². The maximum absolute atomic E-state index is 12.0. The first kappa shape index (κ1) is 25.4. The van der Waals surface area contributed by atoms with Gasteiger partial charge < -0.3 is 10.1 Å². The molecule has 0 aromatic heterocycles. The molecule has 0 bridgehead atoms. The summed E-state index contributed by atoms with van der Waals surface area (Å²) < 4.78 is 4.72. The summed E-state index contributed by atoms with van der Waals surface area (Å²) in [6.07, 6.45) is 17.4. The van der Waals surface area contributed by atoms with Gasteiger partial charge in [0.15, 0.2) is 17.6 Å². The van der Waals surface area contributed by atoms with Gasteiger partial charge in [0.05, 0.1) is 6.61 Å². The molecular weight excluding hydrogens is 342 g/mol. The Bertz CT molecular complexity index is 446. The zero-order valence-corrected chi connectivity index (χ0v) is 17.6. The van der Waals surface area contributed by atoms with Crippen LogP contribution < -0.4 is 5.32 Å². The molecule has 5 nitrogen and oxygen atoms in total. The van der Waals surface area contributed by atoms with Crippen LogP contribution in [0.1, 0.15) is 97.8 Å². The smallest absolute Gasteiger partial charge is 0.408 e. The lowest BCUT2D eigenvalue weighted by Gasteiger charge is -2.12. The van der Waals surface area contributed by atoms with Crippen LogP contribution in [0.3, 0.4) is 0 Å². The van der Waals surface area contributed by atoms with E-state index in [4.69, 9.17) is 4.74 Å². The lowest BCUT2D eigenvalue weighted by atomic mass is 10.0. The molecule has 0 aliphatic heterocycles. The largest absolute Gasteiger partial charge is 0.450 e. The van der Waals surface area contributed by atoms with Crippen molar-refractivity contribution in [3.05, 3.63) is 12.2 Å². The van der Waals surface area contributed by atoms with Crippen LogP contribution in [0.5, 0.6) is 0 Å². The predicted molar refractivity (Wildman–Crippen MR) is 110 cm³/mol. The van der Waals surface area contributed by atoms with Crippen LogP contribution in [0, 0.1) is 0 Å². The summed E-state index contributed by atoms with van der Waals surface area (Å²) in [7, 11) is 0. The minimum absolute atomic E-state index is 0.194. The summed E-state index contributed by atoms with van der Waals surface area (Å²) in [5.41, 5.74) is 0. The number of Topliss-reactive ketones (excluding diaryl/α,β-unsaturated/α-hetero) is 1. The molecule has 0 aliphatic rings.